The smallest absolute Gasteiger partial charge is 0.341 e. The van der Waals surface area contributed by atoms with Crippen LogP contribution < -0.4 is 11.1 Å². The van der Waals surface area contributed by atoms with E-state index in [1.54, 1.807) is 17.5 Å². The predicted molar refractivity (Wildman–Crippen MR) is 87.8 cm³/mol. The van der Waals surface area contributed by atoms with Crippen molar-refractivity contribution in [2.75, 3.05) is 5.32 Å². The number of carbonyl (C=O) groups excluding carboxylic acids is 3. The van der Waals surface area contributed by atoms with Gasteiger partial charge in [0.05, 0.1) is 16.1 Å². The summed E-state index contributed by atoms with van der Waals surface area (Å²) in [4.78, 5) is 35.7. The van der Waals surface area contributed by atoms with Gasteiger partial charge in [-0.05, 0) is 36.6 Å². The molecule has 3 N–H and O–H groups in total. The minimum atomic E-state index is -1.08. The molecule has 0 bridgehead atoms. The van der Waals surface area contributed by atoms with Gasteiger partial charge in [-0.15, -0.1) is 11.3 Å². The van der Waals surface area contributed by atoms with Gasteiger partial charge in [0.25, 0.3) is 11.8 Å². The second kappa shape index (κ2) is 7.26. The van der Waals surface area contributed by atoms with Gasteiger partial charge in [-0.1, -0.05) is 17.7 Å². The third-order valence-corrected chi connectivity index (χ3v) is 3.98. The quantitative estimate of drug-likeness (QED) is 0.808. The molecule has 0 fully saturated rings. The Bertz CT molecular complexity index is 746. The molecule has 1 heterocycles. The molecular formula is C15H13ClN2O4S. The second-order valence-electron chi connectivity index (χ2n) is 4.57. The van der Waals surface area contributed by atoms with Crippen molar-refractivity contribution in [3.8, 4) is 0 Å². The van der Waals surface area contributed by atoms with E-state index in [9.17, 15) is 14.4 Å². The number of rotatable bonds is 5. The Balaban J connectivity index is 2.25. The number of nitrogens with one attached hydrogen (secondary N) is 1. The zero-order chi connectivity index (χ0) is 17.0. The van der Waals surface area contributed by atoms with Crippen LogP contribution in [0.25, 0.3) is 0 Å². The van der Waals surface area contributed by atoms with Crippen molar-refractivity contribution < 1.29 is 19.1 Å². The van der Waals surface area contributed by atoms with Gasteiger partial charge in [0.15, 0.2) is 6.10 Å². The lowest BCUT2D eigenvalue weighted by Crippen LogP contribution is -2.30. The van der Waals surface area contributed by atoms with E-state index in [0.717, 1.165) is 0 Å². The van der Waals surface area contributed by atoms with Gasteiger partial charge in [-0.2, -0.15) is 0 Å². The molecule has 1 aromatic heterocycles. The van der Waals surface area contributed by atoms with Crippen molar-refractivity contribution in [2.45, 2.75) is 13.0 Å². The summed E-state index contributed by atoms with van der Waals surface area (Å²) in [7, 11) is 0. The molecule has 23 heavy (non-hydrogen) atoms. The Hall–Kier alpha value is -2.38. The summed E-state index contributed by atoms with van der Waals surface area (Å²) in [6, 6.07) is 7.70. The van der Waals surface area contributed by atoms with Crippen LogP contribution in [0.4, 0.5) is 5.69 Å². The summed E-state index contributed by atoms with van der Waals surface area (Å²) >= 11 is 7.17. The van der Waals surface area contributed by atoms with E-state index < -0.39 is 18.0 Å². The van der Waals surface area contributed by atoms with Crippen LogP contribution in [0.1, 0.15) is 27.0 Å². The number of halogens is 1. The van der Waals surface area contributed by atoms with Crippen LogP contribution in [0.2, 0.25) is 5.02 Å². The van der Waals surface area contributed by atoms with Crippen molar-refractivity contribution >= 4 is 46.4 Å². The molecule has 0 spiro atoms. The summed E-state index contributed by atoms with van der Waals surface area (Å²) in [6.07, 6.45) is -1.08. The van der Waals surface area contributed by atoms with E-state index in [-0.39, 0.29) is 17.2 Å². The fraction of sp³-hybridized carbons (Fsp3) is 0.133. The molecule has 0 aliphatic heterocycles. The van der Waals surface area contributed by atoms with Gasteiger partial charge >= 0.3 is 5.97 Å². The Morgan fingerprint density at radius 2 is 2.04 bits per heavy atom. The van der Waals surface area contributed by atoms with Crippen LogP contribution in [0.3, 0.4) is 0 Å². The van der Waals surface area contributed by atoms with E-state index in [1.807, 2.05) is 0 Å². The van der Waals surface area contributed by atoms with Crippen molar-refractivity contribution in [1.82, 2.24) is 0 Å². The van der Waals surface area contributed by atoms with E-state index in [0.29, 0.717) is 9.90 Å². The molecule has 2 aromatic rings. The summed E-state index contributed by atoms with van der Waals surface area (Å²) in [5.41, 5.74) is 5.33. The van der Waals surface area contributed by atoms with Gasteiger partial charge in [-0.3, -0.25) is 9.59 Å². The Labute approximate surface area is 141 Å². The molecule has 2 rings (SSSR count). The van der Waals surface area contributed by atoms with Crippen molar-refractivity contribution in [1.29, 1.82) is 0 Å². The average Bonchev–Trinajstić information content (AvgIpc) is 3.01. The maximum atomic E-state index is 12.1. The molecular weight excluding hydrogens is 340 g/mol. The number of esters is 1. The first kappa shape index (κ1) is 17.0. The van der Waals surface area contributed by atoms with E-state index in [4.69, 9.17) is 22.1 Å². The first-order chi connectivity index (χ1) is 10.9. The number of carbonyl (C=O) groups is 3. The topological polar surface area (TPSA) is 98.5 Å². The number of hydrogen-bond donors (Lipinski definition) is 2. The highest BCUT2D eigenvalue weighted by molar-refractivity contribution is 7.12. The average molecular weight is 353 g/mol. The third kappa shape index (κ3) is 4.30. The van der Waals surface area contributed by atoms with E-state index in [1.165, 1.54) is 36.5 Å². The number of benzene rings is 1. The lowest BCUT2D eigenvalue weighted by molar-refractivity contribution is -0.125. The Morgan fingerprint density at radius 3 is 2.65 bits per heavy atom. The van der Waals surface area contributed by atoms with Gasteiger partial charge < -0.3 is 15.8 Å². The molecule has 0 aliphatic carbocycles. The number of anilines is 1. The monoisotopic (exact) mass is 352 g/mol. The van der Waals surface area contributed by atoms with Gasteiger partial charge in [0, 0.05) is 5.02 Å². The molecule has 0 saturated carbocycles. The highest BCUT2D eigenvalue weighted by atomic mass is 35.5. The molecule has 0 unspecified atom stereocenters. The van der Waals surface area contributed by atoms with Gasteiger partial charge in [0.2, 0.25) is 0 Å². The zero-order valence-electron chi connectivity index (χ0n) is 12.0. The summed E-state index contributed by atoms with van der Waals surface area (Å²) < 4.78 is 4.95. The first-order valence-corrected chi connectivity index (χ1v) is 7.79. The normalized spacial score (nSPS) is 11.6. The molecule has 0 radical (unpaired) electrons. The zero-order valence-corrected chi connectivity index (χ0v) is 13.6. The SMILES string of the molecule is C[C@H](OC(=O)c1ccc(Cl)cc1NC(=O)c1cccs1)C(N)=O. The van der Waals surface area contributed by atoms with Crippen LogP contribution in [0.5, 0.6) is 0 Å². The molecule has 8 heteroatoms. The van der Waals surface area contributed by atoms with Crippen molar-refractivity contribution in [3.63, 3.8) is 0 Å². The first-order valence-electron chi connectivity index (χ1n) is 6.53. The number of primary amides is 1. The standard InChI is InChI=1S/C15H13ClN2O4S/c1-8(13(17)19)22-15(21)10-5-4-9(16)7-11(10)18-14(20)12-3-2-6-23-12/h2-8H,1H3,(H2,17,19)(H,18,20)/t8-/m0/s1. The fourth-order valence-corrected chi connectivity index (χ4v) is 2.46. The van der Waals surface area contributed by atoms with Crippen LogP contribution in [0, 0.1) is 0 Å². The van der Waals surface area contributed by atoms with Gasteiger partial charge in [0.1, 0.15) is 0 Å². The summed E-state index contributed by atoms with van der Waals surface area (Å²) in [5.74, 6) is -1.93. The van der Waals surface area contributed by atoms with Crippen LogP contribution in [-0.4, -0.2) is 23.9 Å². The minimum Gasteiger partial charge on any atom is -0.449 e. The number of nitrogens with two attached hydrogens (primary N) is 1. The molecule has 0 aliphatic rings. The number of amides is 2. The lowest BCUT2D eigenvalue weighted by atomic mass is 10.1. The highest BCUT2D eigenvalue weighted by Gasteiger charge is 2.20. The fourth-order valence-electron chi connectivity index (χ4n) is 1.67. The number of thiophene rings is 1. The summed E-state index contributed by atoms with van der Waals surface area (Å²) in [5, 5.41) is 4.71. The van der Waals surface area contributed by atoms with Crippen molar-refractivity contribution in [2.24, 2.45) is 5.73 Å². The van der Waals surface area contributed by atoms with E-state index >= 15 is 0 Å². The Morgan fingerprint density at radius 1 is 1.30 bits per heavy atom. The minimum absolute atomic E-state index is 0.0763. The molecule has 120 valence electrons. The largest absolute Gasteiger partial charge is 0.449 e. The van der Waals surface area contributed by atoms with E-state index in [2.05, 4.69) is 5.32 Å². The Kier molecular flexibility index (Phi) is 5.36. The molecule has 0 saturated heterocycles. The third-order valence-electron chi connectivity index (χ3n) is 2.88. The highest BCUT2D eigenvalue weighted by Crippen LogP contribution is 2.23. The molecule has 1 aromatic carbocycles. The molecule has 2 amide bonds. The van der Waals surface area contributed by atoms with Crippen LogP contribution >= 0.6 is 22.9 Å². The maximum absolute atomic E-state index is 12.1. The van der Waals surface area contributed by atoms with Gasteiger partial charge in [-0.25, -0.2) is 4.79 Å². The predicted octanol–water partition coefficient (Wildman–Crippen LogP) is 2.68. The maximum Gasteiger partial charge on any atom is 0.341 e. The number of ether oxygens (including phenoxy) is 1. The van der Waals surface area contributed by atoms with Crippen molar-refractivity contribution in [3.05, 3.63) is 51.2 Å². The molecule has 1 atom stereocenters. The second-order valence-corrected chi connectivity index (χ2v) is 5.96. The summed E-state index contributed by atoms with van der Waals surface area (Å²) in [6.45, 7) is 1.36. The van der Waals surface area contributed by atoms with Crippen LogP contribution in [-0.2, 0) is 9.53 Å². The van der Waals surface area contributed by atoms with Crippen LogP contribution in [0.15, 0.2) is 35.7 Å². The molecule has 6 nitrogen and oxygen atoms in total. The number of hydrogen-bond acceptors (Lipinski definition) is 5. The lowest BCUT2D eigenvalue weighted by Gasteiger charge is -2.13.